The molecule has 0 aliphatic carbocycles. The Morgan fingerprint density at radius 3 is 1.31 bits per heavy atom. The zero-order chi connectivity index (χ0) is 41.2. The lowest BCUT2D eigenvalue weighted by atomic mass is 9.34. The lowest BCUT2D eigenvalue weighted by Crippen LogP contribution is -2.60. The minimum atomic E-state index is 0.0655. The summed E-state index contributed by atoms with van der Waals surface area (Å²) in [4.78, 5) is 4.95. The van der Waals surface area contributed by atoms with Gasteiger partial charge in [-0.3, -0.25) is 0 Å². The number of rotatable bonds is 12. The maximum absolute atomic E-state index is 3.23. The summed E-state index contributed by atoms with van der Waals surface area (Å²) in [5.41, 5.74) is 22.2. The summed E-state index contributed by atoms with van der Waals surface area (Å²) >= 11 is 0. The molecule has 0 saturated carbocycles. The molecule has 1 atom stereocenters. The largest absolute Gasteiger partial charge is 0.314 e. The van der Waals surface area contributed by atoms with Crippen LogP contribution < -0.4 is 31.6 Å². The van der Waals surface area contributed by atoms with Crippen molar-refractivity contribution in [2.24, 2.45) is 0 Å². The van der Waals surface area contributed by atoms with E-state index >= 15 is 0 Å². The molecule has 6 heteroatoms. The second-order valence-electron chi connectivity index (χ2n) is 16.7. The van der Waals surface area contributed by atoms with Crippen LogP contribution in [0.25, 0.3) is 33.2 Å². The van der Waals surface area contributed by atoms with Crippen molar-refractivity contribution in [3.8, 4) is 11.4 Å². The highest BCUT2D eigenvalue weighted by Gasteiger charge is 2.43. The number of aromatic nitrogens is 2. The topological polar surface area (TPSA) is 16.3 Å². The normalized spacial score (nSPS) is 12.3. The molecule has 4 heterocycles. The van der Waals surface area contributed by atoms with Crippen molar-refractivity contribution < 1.29 is 0 Å². The second kappa shape index (κ2) is 15.3. The summed E-state index contributed by atoms with van der Waals surface area (Å²) in [7, 11) is 3.23. The van der Waals surface area contributed by atoms with Gasteiger partial charge in [0.1, 0.15) is 0 Å². The second-order valence-corrected chi connectivity index (χ2v) is 17.2. The van der Waals surface area contributed by atoms with Crippen molar-refractivity contribution in [3.63, 3.8) is 0 Å². The van der Waals surface area contributed by atoms with Crippen LogP contribution in [0.1, 0.15) is 56.9 Å². The fraction of sp³-hybridized carbons (Fsp3) is 0.164. The summed E-state index contributed by atoms with van der Waals surface area (Å²) in [6.45, 7) is 7.05. The van der Waals surface area contributed by atoms with E-state index in [9.17, 15) is 0 Å². The van der Waals surface area contributed by atoms with E-state index in [-0.39, 0.29) is 6.71 Å². The molecule has 1 unspecified atom stereocenters. The lowest BCUT2D eigenvalue weighted by Gasteiger charge is -2.35. The van der Waals surface area contributed by atoms with E-state index in [1.807, 2.05) is 0 Å². The summed E-state index contributed by atoms with van der Waals surface area (Å²) < 4.78 is 5.31. The summed E-state index contributed by atoms with van der Waals surface area (Å²) in [5, 5.41) is 2.73. The third-order valence-electron chi connectivity index (χ3n) is 13.1. The molecule has 0 bridgehead atoms. The molecule has 9 aromatic rings. The number of hydrogen-bond donors (Lipinski definition) is 0. The van der Waals surface area contributed by atoms with E-state index in [1.54, 1.807) is 0 Å². The zero-order valence-corrected chi connectivity index (χ0v) is 36.4. The quantitative estimate of drug-likeness (QED) is 0.0903. The van der Waals surface area contributed by atoms with Crippen molar-refractivity contribution >= 4 is 93.7 Å². The number of hydrogen-bond acceptors (Lipinski definition) is 2. The van der Waals surface area contributed by atoms with E-state index in [4.69, 9.17) is 0 Å². The van der Waals surface area contributed by atoms with Crippen LogP contribution in [-0.2, 0) is 19.3 Å². The van der Waals surface area contributed by atoms with Crippen LogP contribution in [0.2, 0.25) is 0 Å². The van der Waals surface area contributed by atoms with Gasteiger partial charge in [-0.05, 0) is 120 Å². The fourth-order valence-electron chi connectivity index (χ4n) is 10.8. The first-order valence-electron chi connectivity index (χ1n) is 22.2. The van der Waals surface area contributed by atoms with Crippen LogP contribution in [-0.4, -0.2) is 15.8 Å². The number of fused-ring (bicyclic) bond motifs is 4. The van der Waals surface area contributed by atoms with E-state index in [1.165, 1.54) is 94.6 Å². The van der Waals surface area contributed by atoms with Gasteiger partial charge in [0.2, 0.25) is 0 Å². The predicted octanol–water partition coefficient (Wildman–Crippen LogP) is 12.0. The van der Waals surface area contributed by atoms with Gasteiger partial charge in [-0.1, -0.05) is 140 Å². The van der Waals surface area contributed by atoms with Gasteiger partial charge in [0, 0.05) is 56.0 Å². The van der Waals surface area contributed by atoms with Crippen molar-refractivity contribution in [2.45, 2.75) is 59.3 Å². The monoisotopic (exact) mass is 808 g/mol. The third-order valence-corrected chi connectivity index (χ3v) is 13.7. The molecule has 298 valence electrons. The Balaban J connectivity index is 1.25. The highest BCUT2D eigenvalue weighted by molar-refractivity contribution is 7.27. The molecule has 0 spiro atoms. The molecule has 0 fully saturated rings. The highest BCUT2D eigenvalue weighted by atomic mass is 31.0. The van der Waals surface area contributed by atoms with Gasteiger partial charge in [0.15, 0.2) is 0 Å². The molecule has 0 saturated heterocycles. The first kappa shape index (κ1) is 37.7. The minimum absolute atomic E-state index is 0.0655. The average molecular weight is 809 g/mol. The van der Waals surface area contributed by atoms with E-state index in [0.717, 1.165) is 49.9 Å². The Labute approximate surface area is 362 Å². The van der Waals surface area contributed by atoms with E-state index < -0.39 is 0 Å². The molecule has 2 aliphatic rings. The maximum atomic E-state index is 3.23. The van der Waals surface area contributed by atoms with Gasteiger partial charge in [-0.2, -0.15) is 0 Å². The van der Waals surface area contributed by atoms with Crippen molar-refractivity contribution in [2.75, 3.05) is 9.80 Å². The van der Waals surface area contributed by atoms with Crippen LogP contribution in [0.5, 0.6) is 0 Å². The fourth-order valence-corrected chi connectivity index (χ4v) is 11.4. The number of para-hydroxylation sites is 4. The molecule has 2 aliphatic heterocycles. The average Bonchev–Trinajstić information content (AvgIpc) is 3.78. The SMILES string of the molecule is CCCc1c(P)n2c3c(ccc(N(c4ccccc4)c4ccccc4)c13)B1c3c-2cccc3-n2c(CCC)c(CCC)c3c(N(c4ccccc4)c4ccccc4)ccc1c32. The van der Waals surface area contributed by atoms with Crippen LogP contribution in [0, 0.1) is 0 Å². The standard InChI is InChI=1S/C55H50BN4P/c1-4-20-41-45(22-6-3)59-48-31-19-32-49-52(48)56(43-33-35-46(50(41)53(43)59)57(37-23-11-7-12-24-37)38-25-13-8-14-26-38)44-34-36-47(51-42(21-5-2)55(61)60(49)54(44)51)58(39-27-15-9-16-28-39)40-29-17-10-18-30-40/h7-19,23-36H,4-6,20-22,61H2,1-3H3. The van der Waals surface area contributed by atoms with Crippen molar-refractivity contribution in [3.05, 3.63) is 181 Å². The molecular formula is C55H50BN4P. The van der Waals surface area contributed by atoms with Crippen LogP contribution in [0.15, 0.2) is 164 Å². The van der Waals surface area contributed by atoms with Gasteiger partial charge in [-0.25, -0.2) is 0 Å². The number of benzene rings is 7. The smallest absolute Gasteiger partial charge is 0.252 e. The van der Waals surface area contributed by atoms with E-state index in [2.05, 4.69) is 213 Å². The van der Waals surface area contributed by atoms with Crippen LogP contribution >= 0.6 is 9.24 Å². The first-order chi connectivity index (χ1) is 30.1. The predicted molar refractivity (Wildman–Crippen MR) is 265 cm³/mol. The van der Waals surface area contributed by atoms with Crippen molar-refractivity contribution in [1.29, 1.82) is 0 Å². The Hall–Kier alpha value is -6.29. The summed E-state index contributed by atoms with van der Waals surface area (Å²) in [6, 6.07) is 60.6. The molecule has 61 heavy (non-hydrogen) atoms. The van der Waals surface area contributed by atoms with Gasteiger partial charge in [0.05, 0.1) is 22.4 Å². The van der Waals surface area contributed by atoms with Gasteiger partial charge < -0.3 is 18.9 Å². The van der Waals surface area contributed by atoms with Gasteiger partial charge >= 0.3 is 0 Å². The molecule has 11 rings (SSSR count). The Morgan fingerprint density at radius 2 is 0.852 bits per heavy atom. The third kappa shape index (κ3) is 5.70. The number of anilines is 6. The maximum Gasteiger partial charge on any atom is 0.252 e. The van der Waals surface area contributed by atoms with Gasteiger partial charge in [0.25, 0.3) is 6.71 Å². The highest BCUT2D eigenvalue weighted by Crippen LogP contribution is 2.46. The summed E-state index contributed by atoms with van der Waals surface area (Å²) in [6.07, 6.45) is 6.25. The van der Waals surface area contributed by atoms with E-state index in [0.29, 0.717) is 0 Å². The van der Waals surface area contributed by atoms with Crippen LogP contribution in [0.3, 0.4) is 0 Å². The molecule has 0 N–H and O–H groups in total. The number of nitrogens with zero attached hydrogens (tertiary/aromatic N) is 4. The molecule has 0 amide bonds. The van der Waals surface area contributed by atoms with Crippen LogP contribution in [0.4, 0.5) is 34.1 Å². The first-order valence-corrected chi connectivity index (χ1v) is 22.8. The Morgan fingerprint density at radius 1 is 0.443 bits per heavy atom. The lowest BCUT2D eigenvalue weighted by molar-refractivity contribution is 0.818. The molecule has 7 aromatic carbocycles. The Bertz CT molecular complexity index is 3000. The minimum Gasteiger partial charge on any atom is -0.314 e. The van der Waals surface area contributed by atoms with Crippen molar-refractivity contribution in [1.82, 2.24) is 9.13 Å². The molecule has 2 aromatic heterocycles. The molecular weight excluding hydrogens is 758 g/mol. The summed E-state index contributed by atoms with van der Waals surface area (Å²) in [5.74, 6) is 0. The zero-order valence-electron chi connectivity index (χ0n) is 35.3. The van der Waals surface area contributed by atoms with Gasteiger partial charge in [-0.15, -0.1) is 0 Å². The molecule has 4 nitrogen and oxygen atoms in total. The number of aryl methyl sites for hydroxylation is 2. The molecule has 0 radical (unpaired) electrons. The Kier molecular flexibility index (Phi) is 9.47.